The van der Waals surface area contributed by atoms with E-state index in [1.807, 2.05) is 4.57 Å². The topological polar surface area (TPSA) is 30.2 Å². The van der Waals surface area contributed by atoms with Crippen LogP contribution in [-0.2, 0) is 12.7 Å². The van der Waals surface area contributed by atoms with Gasteiger partial charge in [0, 0.05) is 24.3 Å². The van der Waals surface area contributed by atoms with Crippen molar-refractivity contribution in [2.75, 3.05) is 6.54 Å². The number of aromatic nitrogens is 2. The molecule has 3 rings (SSSR count). The summed E-state index contributed by atoms with van der Waals surface area (Å²) in [5.41, 5.74) is 1.54. The van der Waals surface area contributed by atoms with Crippen LogP contribution < -0.4 is 0 Å². The van der Waals surface area contributed by atoms with Crippen molar-refractivity contribution in [1.29, 1.82) is 0 Å². The summed E-state index contributed by atoms with van der Waals surface area (Å²) in [5.74, 6) is 0. The fourth-order valence-electron chi connectivity index (χ4n) is 2.26. The fourth-order valence-corrected chi connectivity index (χ4v) is 2.26. The number of hydrogen-bond acceptors (Lipinski definition) is 2. The van der Waals surface area contributed by atoms with Crippen molar-refractivity contribution in [1.82, 2.24) is 9.55 Å². The van der Waals surface area contributed by atoms with Gasteiger partial charge in [-0.05, 0) is 18.6 Å². The summed E-state index contributed by atoms with van der Waals surface area (Å²) in [6.45, 7) is 3.10. The maximum Gasteiger partial charge on any atom is 0.417 e. The Balaban J connectivity index is 2.30. The molecule has 0 spiro atoms. The predicted molar refractivity (Wildman–Crippen MR) is 61.9 cm³/mol. The average molecular weight is 253 g/mol. The number of nitrogens with zero attached hydrogens (tertiary/aromatic N) is 3. The lowest BCUT2D eigenvalue weighted by molar-refractivity contribution is -0.137. The van der Waals surface area contributed by atoms with E-state index in [9.17, 15) is 13.2 Å². The Hall–Kier alpha value is -1.85. The summed E-state index contributed by atoms with van der Waals surface area (Å²) in [4.78, 5) is 8.11. The molecule has 2 aromatic rings. The van der Waals surface area contributed by atoms with Crippen molar-refractivity contribution in [2.45, 2.75) is 19.6 Å². The second kappa shape index (κ2) is 3.57. The van der Waals surface area contributed by atoms with E-state index < -0.39 is 11.7 Å². The van der Waals surface area contributed by atoms with Crippen molar-refractivity contribution < 1.29 is 13.2 Å². The third kappa shape index (κ3) is 1.52. The van der Waals surface area contributed by atoms with Gasteiger partial charge in [-0.25, -0.2) is 4.98 Å². The Morgan fingerprint density at radius 3 is 2.83 bits per heavy atom. The van der Waals surface area contributed by atoms with Gasteiger partial charge in [0.05, 0.1) is 17.8 Å². The number of hydrogen-bond donors (Lipinski definition) is 0. The van der Waals surface area contributed by atoms with E-state index >= 15 is 0 Å². The van der Waals surface area contributed by atoms with Gasteiger partial charge < -0.3 is 4.57 Å². The zero-order valence-corrected chi connectivity index (χ0v) is 9.62. The van der Waals surface area contributed by atoms with Crippen LogP contribution in [0.5, 0.6) is 0 Å². The van der Waals surface area contributed by atoms with Gasteiger partial charge in [0.2, 0.25) is 0 Å². The number of aliphatic imine (C=N–C) groups is 1. The van der Waals surface area contributed by atoms with E-state index in [0.717, 1.165) is 23.5 Å². The first kappa shape index (κ1) is 11.3. The van der Waals surface area contributed by atoms with Crippen molar-refractivity contribution in [3.8, 4) is 0 Å². The maximum atomic E-state index is 12.7. The van der Waals surface area contributed by atoms with Gasteiger partial charge in [-0.2, -0.15) is 13.2 Å². The molecule has 0 fully saturated rings. The number of halogens is 3. The standard InChI is InChI=1S/C12H10F3N3/c1-7-9-4-8(12(13,14)15)5-17-11(9)18-3-2-16-6-10(7)18/h4-6H,2-3H2,1H3. The lowest BCUT2D eigenvalue weighted by Gasteiger charge is -2.10. The normalized spacial score (nSPS) is 15.1. The highest BCUT2D eigenvalue weighted by Gasteiger charge is 2.32. The van der Waals surface area contributed by atoms with Crippen molar-refractivity contribution >= 4 is 17.2 Å². The minimum Gasteiger partial charge on any atom is -0.322 e. The molecule has 18 heavy (non-hydrogen) atoms. The molecule has 1 aliphatic rings. The fraction of sp³-hybridized carbons (Fsp3) is 0.333. The van der Waals surface area contributed by atoms with Crippen LogP contribution in [0.4, 0.5) is 13.2 Å². The average Bonchev–Trinajstić information content (AvgIpc) is 2.63. The highest BCUT2D eigenvalue weighted by molar-refractivity contribution is 5.93. The molecular weight excluding hydrogens is 243 g/mol. The van der Waals surface area contributed by atoms with Gasteiger partial charge in [-0.15, -0.1) is 0 Å². The summed E-state index contributed by atoms with van der Waals surface area (Å²) in [6.07, 6.45) is -1.77. The zero-order chi connectivity index (χ0) is 12.9. The molecule has 0 atom stereocenters. The Kier molecular flexibility index (Phi) is 2.23. The van der Waals surface area contributed by atoms with Gasteiger partial charge in [0.1, 0.15) is 5.65 Å². The molecule has 0 N–H and O–H groups in total. The van der Waals surface area contributed by atoms with Crippen molar-refractivity contribution in [2.24, 2.45) is 4.99 Å². The number of pyridine rings is 1. The highest BCUT2D eigenvalue weighted by atomic mass is 19.4. The summed E-state index contributed by atoms with van der Waals surface area (Å²) in [5, 5.41) is 0.549. The molecule has 0 aromatic carbocycles. The Morgan fingerprint density at radius 1 is 1.33 bits per heavy atom. The zero-order valence-electron chi connectivity index (χ0n) is 9.62. The van der Waals surface area contributed by atoms with E-state index in [0.29, 0.717) is 24.1 Å². The van der Waals surface area contributed by atoms with Crippen molar-refractivity contribution in [3.63, 3.8) is 0 Å². The number of aryl methyl sites for hydroxylation is 1. The van der Waals surface area contributed by atoms with Crippen LogP contribution in [0.25, 0.3) is 11.0 Å². The minimum absolute atomic E-state index is 0.549. The second-order valence-electron chi connectivity index (χ2n) is 4.29. The van der Waals surface area contributed by atoms with Gasteiger partial charge in [0.25, 0.3) is 0 Å². The highest BCUT2D eigenvalue weighted by Crippen LogP contribution is 2.33. The van der Waals surface area contributed by atoms with Gasteiger partial charge in [-0.3, -0.25) is 4.99 Å². The Labute approximate surface area is 101 Å². The van der Waals surface area contributed by atoms with Crippen LogP contribution in [0.15, 0.2) is 17.3 Å². The molecule has 0 aliphatic carbocycles. The first-order valence-corrected chi connectivity index (χ1v) is 5.54. The molecule has 0 bridgehead atoms. The van der Waals surface area contributed by atoms with Crippen LogP contribution in [0.3, 0.4) is 0 Å². The van der Waals surface area contributed by atoms with Crippen LogP contribution in [0, 0.1) is 6.92 Å². The van der Waals surface area contributed by atoms with E-state index in [2.05, 4.69) is 9.98 Å². The number of rotatable bonds is 0. The smallest absolute Gasteiger partial charge is 0.322 e. The molecule has 0 saturated carbocycles. The van der Waals surface area contributed by atoms with Crippen LogP contribution in [-0.4, -0.2) is 22.3 Å². The molecule has 6 heteroatoms. The molecule has 0 unspecified atom stereocenters. The minimum atomic E-state index is -4.36. The first-order valence-electron chi connectivity index (χ1n) is 5.54. The Bertz CT molecular complexity index is 653. The molecule has 94 valence electrons. The summed E-state index contributed by atoms with van der Waals surface area (Å²) in [7, 11) is 0. The van der Waals surface area contributed by atoms with Gasteiger partial charge in [-0.1, -0.05) is 0 Å². The third-order valence-corrected chi connectivity index (χ3v) is 3.19. The van der Waals surface area contributed by atoms with E-state index in [4.69, 9.17) is 0 Å². The van der Waals surface area contributed by atoms with Crippen molar-refractivity contribution in [3.05, 3.63) is 29.1 Å². The predicted octanol–water partition coefficient (Wildman–Crippen LogP) is 2.80. The molecule has 1 aliphatic heterocycles. The van der Waals surface area contributed by atoms with Gasteiger partial charge >= 0.3 is 6.18 Å². The first-order chi connectivity index (χ1) is 8.48. The summed E-state index contributed by atoms with van der Waals surface area (Å²) < 4.78 is 39.9. The SMILES string of the molecule is Cc1c2n(c3ncc(C(F)(F)F)cc13)CCN=C2. The van der Waals surface area contributed by atoms with Crippen LogP contribution >= 0.6 is 0 Å². The van der Waals surface area contributed by atoms with E-state index in [1.165, 1.54) is 0 Å². The molecule has 0 amide bonds. The molecule has 2 aromatic heterocycles. The quantitative estimate of drug-likeness (QED) is 0.710. The lowest BCUT2D eigenvalue weighted by Crippen LogP contribution is -2.11. The lowest BCUT2D eigenvalue weighted by atomic mass is 10.1. The van der Waals surface area contributed by atoms with E-state index in [-0.39, 0.29) is 0 Å². The second-order valence-corrected chi connectivity index (χ2v) is 4.29. The van der Waals surface area contributed by atoms with Gasteiger partial charge in [0.15, 0.2) is 0 Å². The summed E-state index contributed by atoms with van der Waals surface area (Å²) in [6, 6.07) is 1.16. The molecule has 3 nitrogen and oxygen atoms in total. The Morgan fingerprint density at radius 2 is 2.11 bits per heavy atom. The van der Waals surface area contributed by atoms with Crippen LogP contribution in [0.1, 0.15) is 16.8 Å². The molecular formula is C12H10F3N3. The van der Waals surface area contributed by atoms with Crippen LogP contribution in [0.2, 0.25) is 0 Å². The maximum absolute atomic E-state index is 12.7. The monoisotopic (exact) mass is 253 g/mol. The molecule has 3 heterocycles. The number of alkyl halides is 3. The molecule has 0 saturated heterocycles. The third-order valence-electron chi connectivity index (χ3n) is 3.19. The largest absolute Gasteiger partial charge is 0.417 e. The number of fused-ring (bicyclic) bond motifs is 3. The van der Waals surface area contributed by atoms with E-state index in [1.54, 1.807) is 13.1 Å². The molecule has 0 radical (unpaired) electrons. The summed E-state index contributed by atoms with van der Waals surface area (Å²) >= 11 is 0.